The van der Waals surface area contributed by atoms with Gasteiger partial charge < -0.3 is 10.1 Å². The number of hydrogen-bond donors (Lipinski definition) is 1. The van der Waals surface area contributed by atoms with Gasteiger partial charge in [-0.3, -0.25) is 0 Å². The first-order chi connectivity index (χ1) is 8.70. The van der Waals surface area contributed by atoms with E-state index in [1.807, 2.05) is 7.05 Å². The Balaban J connectivity index is 2.04. The van der Waals surface area contributed by atoms with Crippen molar-refractivity contribution in [2.75, 3.05) is 20.2 Å². The molecule has 0 amide bonds. The first-order valence-corrected chi connectivity index (χ1v) is 7.05. The molecule has 1 heterocycles. The molecule has 18 heavy (non-hydrogen) atoms. The molecule has 0 aliphatic carbocycles. The summed E-state index contributed by atoms with van der Waals surface area (Å²) in [6, 6.07) is 9.01. The van der Waals surface area contributed by atoms with Gasteiger partial charge in [0.2, 0.25) is 0 Å². The number of benzene rings is 1. The molecule has 1 aliphatic rings. The van der Waals surface area contributed by atoms with Gasteiger partial charge in [0.1, 0.15) is 0 Å². The normalized spacial score (nSPS) is 23.8. The molecule has 0 aromatic heterocycles. The highest BCUT2D eigenvalue weighted by Crippen LogP contribution is 2.34. The van der Waals surface area contributed by atoms with Gasteiger partial charge in [0.05, 0.1) is 6.10 Å². The van der Waals surface area contributed by atoms with Crippen molar-refractivity contribution in [3.05, 3.63) is 35.4 Å². The average molecular weight is 247 g/mol. The smallest absolute Gasteiger partial charge is 0.0866 e. The third-order valence-corrected chi connectivity index (χ3v) is 3.63. The lowest BCUT2D eigenvalue weighted by Gasteiger charge is -2.19. The Kier molecular flexibility index (Phi) is 4.79. The maximum absolute atomic E-state index is 5.89. The summed E-state index contributed by atoms with van der Waals surface area (Å²) in [5.41, 5.74) is 2.76. The number of ether oxygens (including phenoxy) is 1. The molecule has 2 atom stereocenters. The van der Waals surface area contributed by atoms with Gasteiger partial charge in [-0.2, -0.15) is 0 Å². The number of nitrogens with one attached hydrogen (secondary N) is 1. The molecule has 0 bridgehead atoms. The van der Waals surface area contributed by atoms with Crippen LogP contribution in [-0.2, 0) is 11.2 Å². The summed E-state index contributed by atoms with van der Waals surface area (Å²) in [5, 5.41) is 3.27. The molecular weight excluding hydrogens is 222 g/mol. The second-order valence-corrected chi connectivity index (χ2v) is 5.74. The molecule has 1 aliphatic heterocycles. The summed E-state index contributed by atoms with van der Waals surface area (Å²) in [6.07, 6.45) is 2.61. The zero-order valence-electron chi connectivity index (χ0n) is 11.8. The summed E-state index contributed by atoms with van der Waals surface area (Å²) in [6.45, 7) is 6.46. The number of rotatable bonds is 5. The molecular formula is C16H25NO. The summed E-state index contributed by atoms with van der Waals surface area (Å²) in [7, 11) is 2.01. The molecule has 1 aromatic carbocycles. The van der Waals surface area contributed by atoms with E-state index in [9.17, 15) is 0 Å². The van der Waals surface area contributed by atoms with E-state index >= 15 is 0 Å². The highest BCUT2D eigenvalue weighted by atomic mass is 16.5. The molecule has 1 saturated heterocycles. The van der Waals surface area contributed by atoms with Crippen LogP contribution >= 0.6 is 0 Å². The second kappa shape index (κ2) is 6.35. The molecule has 2 rings (SSSR count). The molecule has 2 nitrogen and oxygen atoms in total. The fourth-order valence-electron chi connectivity index (χ4n) is 2.79. The molecule has 0 saturated carbocycles. The van der Waals surface area contributed by atoms with E-state index in [1.54, 1.807) is 0 Å². The Hall–Kier alpha value is -0.860. The van der Waals surface area contributed by atoms with E-state index < -0.39 is 0 Å². The quantitative estimate of drug-likeness (QED) is 0.863. The van der Waals surface area contributed by atoms with Crippen molar-refractivity contribution in [1.29, 1.82) is 0 Å². The molecule has 0 spiro atoms. The molecule has 1 N–H and O–H groups in total. The third-order valence-electron chi connectivity index (χ3n) is 3.63. The van der Waals surface area contributed by atoms with Crippen molar-refractivity contribution in [1.82, 2.24) is 5.32 Å². The van der Waals surface area contributed by atoms with E-state index in [0.717, 1.165) is 25.5 Å². The summed E-state index contributed by atoms with van der Waals surface area (Å²) < 4.78 is 5.89. The van der Waals surface area contributed by atoms with Crippen molar-refractivity contribution in [3.8, 4) is 0 Å². The fraction of sp³-hybridized carbons (Fsp3) is 0.625. The van der Waals surface area contributed by atoms with Crippen molar-refractivity contribution in [3.63, 3.8) is 0 Å². The highest BCUT2D eigenvalue weighted by molar-refractivity contribution is 5.25. The van der Waals surface area contributed by atoms with Crippen LogP contribution in [0.2, 0.25) is 0 Å². The Bertz CT molecular complexity index is 358. The van der Waals surface area contributed by atoms with E-state index in [-0.39, 0.29) is 6.10 Å². The van der Waals surface area contributed by atoms with Crippen molar-refractivity contribution in [2.45, 2.75) is 32.8 Å². The van der Waals surface area contributed by atoms with Crippen molar-refractivity contribution in [2.24, 2.45) is 11.8 Å². The van der Waals surface area contributed by atoms with Crippen LogP contribution in [0.3, 0.4) is 0 Å². The third kappa shape index (κ3) is 3.33. The molecule has 100 valence electrons. The largest absolute Gasteiger partial charge is 0.373 e. The summed E-state index contributed by atoms with van der Waals surface area (Å²) >= 11 is 0. The Labute approximate surface area is 111 Å². The van der Waals surface area contributed by atoms with Gasteiger partial charge in [-0.05, 0) is 36.9 Å². The minimum atomic E-state index is 0.283. The minimum Gasteiger partial charge on any atom is -0.373 e. The van der Waals surface area contributed by atoms with Crippen LogP contribution < -0.4 is 5.32 Å². The standard InChI is InChI=1S/C16H25NO/c1-12(2)10-13-4-6-14(7-5-13)16-15(11-17-3)8-9-18-16/h4-7,12,15-17H,8-11H2,1-3H3. The van der Waals surface area contributed by atoms with E-state index in [1.165, 1.54) is 17.5 Å². The van der Waals surface area contributed by atoms with Gasteiger partial charge in [-0.25, -0.2) is 0 Å². The van der Waals surface area contributed by atoms with Gasteiger partial charge >= 0.3 is 0 Å². The minimum absolute atomic E-state index is 0.283. The van der Waals surface area contributed by atoms with E-state index in [0.29, 0.717) is 5.92 Å². The molecule has 1 fully saturated rings. The van der Waals surface area contributed by atoms with Crippen LogP contribution in [0.25, 0.3) is 0 Å². The lowest BCUT2D eigenvalue weighted by molar-refractivity contribution is 0.0909. The Morgan fingerprint density at radius 3 is 2.61 bits per heavy atom. The van der Waals surface area contributed by atoms with E-state index in [4.69, 9.17) is 4.74 Å². The first kappa shape index (κ1) is 13.6. The summed E-state index contributed by atoms with van der Waals surface area (Å²) in [4.78, 5) is 0. The fourth-order valence-corrected chi connectivity index (χ4v) is 2.79. The summed E-state index contributed by atoms with van der Waals surface area (Å²) in [5.74, 6) is 1.33. The monoisotopic (exact) mass is 247 g/mol. The molecule has 0 radical (unpaired) electrons. The zero-order chi connectivity index (χ0) is 13.0. The zero-order valence-corrected chi connectivity index (χ0v) is 11.8. The predicted octanol–water partition coefficient (Wildman–Crippen LogP) is 3.18. The molecule has 1 aromatic rings. The average Bonchev–Trinajstić information content (AvgIpc) is 2.78. The highest BCUT2D eigenvalue weighted by Gasteiger charge is 2.28. The van der Waals surface area contributed by atoms with Crippen LogP contribution in [0.5, 0.6) is 0 Å². The van der Waals surface area contributed by atoms with Gasteiger partial charge in [-0.1, -0.05) is 38.1 Å². The SMILES string of the molecule is CNCC1CCOC1c1ccc(CC(C)C)cc1. The van der Waals surface area contributed by atoms with Crippen molar-refractivity contribution < 1.29 is 4.74 Å². The van der Waals surface area contributed by atoms with Crippen LogP contribution in [0, 0.1) is 11.8 Å². The van der Waals surface area contributed by atoms with Crippen molar-refractivity contribution >= 4 is 0 Å². The second-order valence-electron chi connectivity index (χ2n) is 5.74. The lowest BCUT2D eigenvalue weighted by atomic mass is 9.93. The first-order valence-electron chi connectivity index (χ1n) is 7.05. The maximum Gasteiger partial charge on any atom is 0.0866 e. The Morgan fingerprint density at radius 2 is 2.00 bits per heavy atom. The van der Waals surface area contributed by atoms with Gasteiger partial charge in [-0.15, -0.1) is 0 Å². The number of hydrogen-bond acceptors (Lipinski definition) is 2. The van der Waals surface area contributed by atoms with Crippen LogP contribution in [0.1, 0.15) is 37.5 Å². The van der Waals surface area contributed by atoms with Crippen LogP contribution in [-0.4, -0.2) is 20.2 Å². The maximum atomic E-state index is 5.89. The topological polar surface area (TPSA) is 21.3 Å². The molecule has 2 unspecified atom stereocenters. The van der Waals surface area contributed by atoms with E-state index in [2.05, 4.69) is 43.4 Å². The van der Waals surface area contributed by atoms with Gasteiger partial charge in [0, 0.05) is 19.1 Å². The Morgan fingerprint density at radius 1 is 1.28 bits per heavy atom. The van der Waals surface area contributed by atoms with Crippen LogP contribution in [0.4, 0.5) is 0 Å². The molecule has 2 heteroatoms. The lowest BCUT2D eigenvalue weighted by Crippen LogP contribution is -2.21. The van der Waals surface area contributed by atoms with Gasteiger partial charge in [0.25, 0.3) is 0 Å². The van der Waals surface area contributed by atoms with Crippen LogP contribution in [0.15, 0.2) is 24.3 Å². The predicted molar refractivity (Wildman–Crippen MR) is 75.7 cm³/mol. The van der Waals surface area contributed by atoms with Gasteiger partial charge in [0.15, 0.2) is 0 Å².